The number of hydrogen-bond donors (Lipinski definition) is 2. The van der Waals surface area contributed by atoms with Gasteiger partial charge in [0.1, 0.15) is 0 Å². The second kappa shape index (κ2) is 6.16. The van der Waals surface area contributed by atoms with Crippen LogP contribution < -0.4 is 19.7 Å². The Morgan fingerprint density at radius 2 is 2.19 bits per heavy atom. The number of urea groups is 1. The minimum atomic E-state index is -1.06. The van der Waals surface area contributed by atoms with Crippen molar-refractivity contribution >= 4 is 33.6 Å². The summed E-state index contributed by atoms with van der Waals surface area (Å²) in [6.45, 7) is 1.82. The lowest BCUT2D eigenvalue weighted by Gasteiger charge is -2.50. The Morgan fingerprint density at radius 3 is 2.89 bits per heavy atom. The number of halogens is 1. The van der Waals surface area contributed by atoms with Crippen molar-refractivity contribution < 1.29 is 24.2 Å². The number of ether oxygens (including phenoxy) is 2. The number of fused-ring (bicyclic) bond motifs is 4. The largest absolute Gasteiger partial charge is 0.493 e. The van der Waals surface area contributed by atoms with Gasteiger partial charge in [0.2, 0.25) is 0 Å². The standard InChI is InChI=1S/C19H17BrN2O5/c1-19-9-14(13-7-11(20)8-15(26-2)16(13)27-19)21-18(25)22(19)12-5-3-4-10(6-12)17(23)24/h3-8,14H,9H2,1-2H3,(H,21,25)(H,23,24). The number of carboxylic acid groups (broad SMARTS) is 1. The van der Waals surface area contributed by atoms with Crippen molar-refractivity contribution in [2.45, 2.75) is 25.1 Å². The number of methoxy groups -OCH3 is 1. The van der Waals surface area contributed by atoms with E-state index in [0.29, 0.717) is 23.6 Å². The smallest absolute Gasteiger partial charge is 0.335 e. The van der Waals surface area contributed by atoms with Crippen molar-refractivity contribution in [3.8, 4) is 11.5 Å². The molecule has 140 valence electrons. The minimum absolute atomic E-state index is 0.101. The fourth-order valence-corrected chi connectivity index (χ4v) is 4.18. The van der Waals surface area contributed by atoms with Gasteiger partial charge >= 0.3 is 12.0 Å². The number of carbonyl (C=O) groups is 2. The molecule has 2 aliphatic heterocycles. The summed E-state index contributed by atoms with van der Waals surface area (Å²) in [6.07, 6.45) is 0.503. The van der Waals surface area contributed by atoms with E-state index < -0.39 is 11.7 Å². The first-order valence-electron chi connectivity index (χ1n) is 8.33. The van der Waals surface area contributed by atoms with E-state index in [-0.39, 0.29) is 17.6 Å². The van der Waals surface area contributed by atoms with Crippen molar-refractivity contribution in [3.05, 3.63) is 52.0 Å². The fourth-order valence-electron chi connectivity index (χ4n) is 3.72. The molecule has 4 rings (SSSR count). The molecule has 0 aromatic heterocycles. The van der Waals surface area contributed by atoms with Gasteiger partial charge < -0.3 is 19.9 Å². The first kappa shape index (κ1) is 17.7. The summed E-state index contributed by atoms with van der Waals surface area (Å²) in [6, 6.07) is 9.37. The van der Waals surface area contributed by atoms with Gasteiger partial charge in [0.25, 0.3) is 0 Å². The predicted octanol–water partition coefficient (Wildman–Crippen LogP) is 3.93. The molecule has 2 atom stereocenters. The summed E-state index contributed by atoms with van der Waals surface area (Å²) in [5, 5.41) is 12.3. The SMILES string of the molecule is COc1cc(Br)cc2c1OC1(C)CC2NC(=O)N1c1cccc(C(=O)O)c1. The van der Waals surface area contributed by atoms with E-state index >= 15 is 0 Å². The van der Waals surface area contributed by atoms with Gasteiger partial charge in [-0.15, -0.1) is 0 Å². The molecule has 0 aliphatic carbocycles. The Balaban J connectivity index is 1.82. The molecule has 2 unspecified atom stereocenters. The molecule has 2 bridgehead atoms. The number of carbonyl (C=O) groups excluding carboxylic acids is 1. The monoisotopic (exact) mass is 432 g/mol. The summed E-state index contributed by atoms with van der Waals surface area (Å²) < 4.78 is 12.6. The van der Waals surface area contributed by atoms with Crippen LogP contribution in [0.4, 0.5) is 10.5 Å². The highest BCUT2D eigenvalue weighted by molar-refractivity contribution is 9.10. The first-order chi connectivity index (χ1) is 12.8. The Kier molecular flexibility index (Phi) is 4.03. The van der Waals surface area contributed by atoms with Gasteiger partial charge in [0.15, 0.2) is 17.2 Å². The molecule has 27 heavy (non-hydrogen) atoms. The molecular formula is C19H17BrN2O5. The molecule has 1 saturated heterocycles. The average molecular weight is 433 g/mol. The summed E-state index contributed by atoms with van der Waals surface area (Å²) in [5.74, 6) is 0.0725. The van der Waals surface area contributed by atoms with E-state index in [2.05, 4.69) is 21.2 Å². The number of anilines is 1. The lowest BCUT2D eigenvalue weighted by Crippen LogP contribution is -2.65. The number of nitrogens with zero attached hydrogens (tertiary/aromatic N) is 1. The van der Waals surface area contributed by atoms with Crippen molar-refractivity contribution in [1.29, 1.82) is 0 Å². The summed E-state index contributed by atoms with van der Waals surface area (Å²) >= 11 is 3.46. The molecule has 2 aromatic rings. The van der Waals surface area contributed by atoms with E-state index in [1.165, 1.54) is 17.0 Å². The number of hydrogen-bond acceptors (Lipinski definition) is 4. The quantitative estimate of drug-likeness (QED) is 0.766. The number of amides is 2. The van der Waals surface area contributed by atoms with Crippen LogP contribution in [0.25, 0.3) is 0 Å². The third-order valence-electron chi connectivity index (χ3n) is 4.87. The Bertz CT molecular complexity index is 963. The average Bonchev–Trinajstić information content (AvgIpc) is 2.61. The maximum atomic E-state index is 12.9. The molecular weight excluding hydrogens is 416 g/mol. The van der Waals surface area contributed by atoms with Crippen LogP contribution in [0, 0.1) is 0 Å². The van der Waals surface area contributed by atoms with Gasteiger partial charge in [-0.2, -0.15) is 0 Å². The molecule has 0 radical (unpaired) electrons. The van der Waals surface area contributed by atoms with Gasteiger partial charge in [-0.3, -0.25) is 4.90 Å². The molecule has 2 aromatic carbocycles. The summed E-state index contributed by atoms with van der Waals surface area (Å²) in [4.78, 5) is 25.7. The summed E-state index contributed by atoms with van der Waals surface area (Å²) in [7, 11) is 1.56. The maximum Gasteiger partial charge on any atom is 0.335 e. The minimum Gasteiger partial charge on any atom is -0.493 e. The zero-order valence-corrected chi connectivity index (χ0v) is 16.2. The van der Waals surface area contributed by atoms with Gasteiger partial charge in [0.05, 0.1) is 24.4 Å². The van der Waals surface area contributed by atoms with Crippen LogP contribution in [0.5, 0.6) is 11.5 Å². The molecule has 8 heteroatoms. The fraction of sp³-hybridized carbons (Fsp3) is 0.263. The Labute approximate surface area is 164 Å². The van der Waals surface area contributed by atoms with Crippen LogP contribution in [0.2, 0.25) is 0 Å². The number of aromatic carboxylic acids is 1. The highest BCUT2D eigenvalue weighted by atomic mass is 79.9. The Morgan fingerprint density at radius 1 is 1.41 bits per heavy atom. The molecule has 0 saturated carbocycles. The van der Waals surface area contributed by atoms with Gasteiger partial charge in [0, 0.05) is 16.5 Å². The van der Waals surface area contributed by atoms with E-state index in [9.17, 15) is 14.7 Å². The highest BCUT2D eigenvalue weighted by Crippen LogP contribution is 2.50. The highest BCUT2D eigenvalue weighted by Gasteiger charge is 2.50. The van der Waals surface area contributed by atoms with E-state index in [1.807, 2.05) is 13.0 Å². The van der Waals surface area contributed by atoms with Crippen molar-refractivity contribution in [2.75, 3.05) is 12.0 Å². The third-order valence-corrected chi connectivity index (χ3v) is 5.33. The first-order valence-corrected chi connectivity index (χ1v) is 9.12. The van der Waals surface area contributed by atoms with Crippen LogP contribution in [-0.2, 0) is 0 Å². The molecule has 2 N–H and O–H groups in total. The van der Waals surface area contributed by atoms with E-state index in [4.69, 9.17) is 9.47 Å². The second-order valence-electron chi connectivity index (χ2n) is 6.70. The number of carboxylic acids is 1. The van der Waals surface area contributed by atoms with Gasteiger partial charge in [-0.1, -0.05) is 22.0 Å². The molecule has 0 spiro atoms. The number of nitrogens with one attached hydrogen (secondary N) is 1. The van der Waals surface area contributed by atoms with Gasteiger partial charge in [-0.05, 0) is 37.3 Å². The molecule has 2 aliphatic rings. The van der Waals surface area contributed by atoms with Crippen LogP contribution in [0.1, 0.15) is 35.3 Å². The lowest BCUT2D eigenvalue weighted by molar-refractivity contribution is 0.0348. The molecule has 2 heterocycles. The van der Waals surface area contributed by atoms with Crippen molar-refractivity contribution in [2.24, 2.45) is 0 Å². The zero-order chi connectivity index (χ0) is 19.3. The van der Waals surface area contributed by atoms with Crippen molar-refractivity contribution in [1.82, 2.24) is 5.32 Å². The van der Waals surface area contributed by atoms with Crippen LogP contribution >= 0.6 is 15.9 Å². The van der Waals surface area contributed by atoms with Crippen LogP contribution in [0.3, 0.4) is 0 Å². The molecule has 7 nitrogen and oxygen atoms in total. The van der Waals surface area contributed by atoms with E-state index in [0.717, 1.165) is 10.0 Å². The second-order valence-corrected chi connectivity index (χ2v) is 7.62. The Hall–Kier alpha value is -2.74. The maximum absolute atomic E-state index is 12.9. The predicted molar refractivity (Wildman–Crippen MR) is 101 cm³/mol. The zero-order valence-electron chi connectivity index (χ0n) is 14.7. The summed E-state index contributed by atoms with van der Waals surface area (Å²) in [5.41, 5.74) is 0.403. The van der Waals surface area contributed by atoms with E-state index in [1.54, 1.807) is 25.3 Å². The number of rotatable bonds is 3. The molecule has 2 amide bonds. The molecule has 1 fully saturated rings. The lowest BCUT2D eigenvalue weighted by atomic mass is 9.89. The topological polar surface area (TPSA) is 88.1 Å². The van der Waals surface area contributed by atoms with Crippen LogP contribution in [-0.4, -0.2) is 29.9 Å². The number of benzene rings is 2. The van der Waals surface area contributed by atoms with Crippen molar-refractivity contribution in [3.63, 3.8) is 0 Å². The normalized spacial score (nSPS) is 23.1. The van der Waals surface area contributed by atoms with Crippen LogP contribution in [0.15, 0.2) is 40.9 Å². The van der Waals surface area contributed by atoms with Gasteiger partial charge in [-0.25, -0.2) is 9.59 Å². The third kappa shape index (κ3) is 2.80.